The summed E-state index contributed by atoms with van der Waals surface area (Å²) in [5.74, 6) is 0. The fourth-order valence-corrected chi connectivity index (χ4v) is 0.805. The Morgan fingerprint density at radius 2 is 2.17 bits per heavy atom. The van der Waals surface area contributed by atoms with Crippen molar-refractivity contribution in [1.29, 1.82) is 0 Å². The number of unbranched alkanes of at least 4 members (excludes halogenated alkanes) is 1. The molecule has 0 heterocycles. The molecule has 0 N–H and O–H groups in total. The maximum Gasteiger partial charge on any atom is 0.0823 e. The van der Waals surface area contributed by atoms with Gasteiger partial charge >= 0.3 is 0 Å². The van der Waals surface area contributed by atoms with E-state index in [9.17, 15) is 5.11 Å². The van der Waals surface area contributed by atoms with Crippen LogP contribution in [0.5, 0.6) is 0 Å². The number of ether oxygens (including phenoxy) is 2. The molecule has 1 unspecified atom stereocenters. The number of rotatable bonds is 8. The molecule has 0 bridgehead atoms. The summed E-state index contributed by atoms with van der Waals surface area (Å²) in [5.41, 5.74) is 0. The van der Waals surface area contributed by atoms with Gasteiger partial charge in [0.15, 0.2) is 0 Å². The van der Waals surface area contributed by atoms with Crippen molar-refractivity contribution in [3.63, 3.8) is 0 Å². The van der Waals surface area contributed by atoms with Crippen LogP contribution in [-0.4, -0.2) is 32.5 Å². The maximum atomic E-state index is 10.0. The Balaban J connectivity index is 2.97. The van der Waals surface area contributed by atoms with Crippen LogP contribution in [0.1, 0.15) is 19.8 Å². The molecule has 0 saturated heterocycles. The van der Waals surface area contributed by atoms with E-state index in [1.807, 2.05) is 6.92 Å². The predicted octanol–water partition coefficient (Wildman–Crippen LogP) is 1.45. The van der Waals surface area contributed by atoms with E-state index in [1.54, 1.807) is 0 Å². The third-order valence-electron chi connectivity index (χ3n) is 1.44. The second-order valence-electron chi connectivity index (χ2n) is 2.67. The SMILES string of the molecule is [CH2]COC(C)COCCCC[O]. The van der Waals surface area contributed by atoms with E-state index in [0.29, 0.717) is 26.2 Å². The van der Waals surface area contributed by atoms with Gasteiger partial charge in [0.1, 0.15) is 0 Å². The quantitative estimate of drug-likeness (QED) is 0.522. The van der Waals surface area contributed by atoms with Crippen LogP contribution in [0, 0.1) is 6.92 Å². The van der Waals surface area contributed by atoms with Gasteiger partial charge in [0.25, 0.3) is 0 Å². The molecule has 0 aliphatic heterocycles. The molecule has 0 aromatic heterocycles. The summed E-state index contributed by atoms with van der Waals surface area (Å²) in [6.45, 7) is 7.23. The maximum absolute atomic E-state index is 10.0. The predicted molar refractivity (Wildman–Crippen MR) is 46.4 cm³/mol. The molecular formula is C9H18O3. The number of hydrogen-bond donors (Lipinski definition) is 0. The Morgan fingerprint density at radius 3 is 2.75 bits per heavy atom. The third-order valence-corrected chi connectivity index (χ3v) is 1.44. The normalized spacial score (nSPS) is 13.2. The Hall–Kier alpha value is -0.120. The van der Waals surface area contributed by atoms with Crippen molar-refractivity contribution >= 4 is 0 Å². The lowest BCUT2D eigenvalue weighted by Gasteiger charge is -2.11. The molecule has 0 aromatic carbocycles. The van der Waals surface area contributed by atoms with Crippen molar-refractivity contribution in [2.75, 3.05) is 26.4 Å². The highest BCUT2D eigenvalue weighted by Gasteiger charge is 1.99. The first-order valence-corrected chi connectivity index (χ1v) is 4.38. The molecule has 0 aromatic rings. The molecular weight excluding hydrogens is 156 g/mol. The van der Waals surface area contributed by atoms with Gasteiger partial charge in [0.2, 0.25) is 0 Å². The summed E-state index contributed by atoms with van der Waals surface area (Å²) in [6.07, 6.45) is 1.65. The molecule has 0 saturated carbocycles. The van der Waals surface area contributed by atoms with E-state index in [2.05, 4.69) is 6.92 Å². The van der Waals surface area contributed by atoms with E-state index in [-0.39, 0.29) is 12.7 Å². The van der Waals surface area contributed by atoms with Crippen LogP contribution in [0.2, 0.25) is 0 Å². The fourth-order valence-electron chi connectivity index (χ4n) is 0.805. The number of hydrogen-bond acceptors (Lipinski definition) is 2. The van der Waals surface area contributed by atoms with Crippen molar-refractivity contribution in [2.24, 2.45) is 0 Å². The molecule has 72 valence electrons. The van der Waals surface area contributed by atoms with Gasteiger partial charge in [-0.2, -0.15) is 0 Å². The van der Waals surface area contributed by atoms with Crippen molar-refractivity contribution in [3.8, 4) is 0 Å². The molecule has 3 heteroatoms. The summed E-state index contributed by atoms with van der Waals surface area (Å²) in [6, 6.07) is 0. The minimum Gasteiger partial charge on any atom is -0.379 e. The average Bonchev–Trinajstić information content (AvgIpc) is 2.05. The van der Waals surface area contributed by atoms with Crippen molar-refractivity contribution in [2.45, 2.75) is 25.9 Å². The Bertz CT molecular complexity index is 85.8. The summed E-state index contributed by atoms with van der Waals surface area (Å²) < 4.78 is 10.4. The van der Waals surface area contributed by atoms with Gasteiger partial charge in [0, 0.05) is 13.2 Å². The second-order valence-corrected chi connectivity index (χ2v) is 2.67. The first-order valence-electron chi connectivity index (χ1n) is 4.38. The van der Waals surface area contributed by atoms with Gasteiger partial charge in [-0.1, -0.05) is 0 Å². The Kier molecular flexibility index (Phi) is 8.88. The minimum absolute atomic E-state index is 0.00566. The van der Waals surface area contributed by atoms with Crippen molar-refractivity contribution in [3.05, 3.63) is 6.92 Å². The smallest absolute Gasteiger partial charge is 0.0823 e. The molecule has 0 fully saturated rings. The summed E-state index contributed by atoms with van der Waals surface area (Å²) >= 11 is 0. The van der Waals surface area contributed by atoms with Gasteiger partial charge in [0.05, 0.1) is 19.3 Å². The van der Waals surface area contributed by atoms with Crippen molar-refractivity contribution < 1.29 is 14.6 Å². The van der Waals surface area contributed by atoms with Crippen molar-refractivity contribution in [1.82, 2.24) is 0 Å². The highest BCUT2D eigenvalue weighted by molar-refractivity contribution is 4.47. The molecule has 0 amide bonds. The van der Waals surface area contributed by atoms with Crippen LogP contribution in [0.15, 0.2) is 0 Å². The van der Waals surface area contributed by atoms with E-state index in [4.69, 9.17) is 9.47 Å². The highest BCUT2D eigenvalue weighted by atomic mass is 16.5. The van der Waals surface area contributed by atoms with Crippen LogP contribution >= 0.6 is 0 Å². The largest absolute Gasteiger partial charge is 0.379 e. The van der Waals surface area contributed by atoms with Gasteiger partial charge < -0.3 is 9.47 Å². The Labute approximate surface area is 74.7 Å². The zero-order valence-electron chi connectivity index (χ0n) is 7.75. The molecule has 0 spiro atoms. The summed E-state index contributed by atoms with van der Waals surface area (Å²) in [5, 5.41) is 10.0. The van der Waals surface area contributed by atoms with Gasteiger partial charge in [-0.25, -0.2) is 5.11 Å². The fraction of sp³-hybridized carbons (Fsp3) is 0.889. The topological polar surface area (TPSA) is 38.4 Å². The summed E-state index contributed by atoms with van der Waals surface area (Å²) in [4.78, 5) is 0. The van der Waals surface area contributed by atoms with Gasteiger partial charge in [-0.3, -0.25) is 0 Å². The van der Waals surface area contributed by atoms with E-state index >= 15 is 0 Å². The van der Waals surface area contributed by atoms with E-state index in [0.717, 1.165) is 6.42 Å². The lowest BCUT2D eigenvalue weighted by atomic mass is 10.3. The van der Waals surface area contributed by atoms with E-state index < -0.39 is 0 Å². The molecule has 1 atom stereocenters. The second kappa shape index (κ2) is 8.97. The lowest BCUT2D eigenvalue weighted by Crippen LogP contribution is -2.16. The molecule has 0 aliphatic rings. The lowest BCUT2D eigenvalue weighted by molar-refractivity contribution is 0.00188. The van der Waals surface area contributed by atoms with Crippen LogP contribution in [-0.2, 0) is 14.6 Å². The molecule has 0 aliphatic carbocycles. The van der Waals surface area contributed by atoms with Crippen LogP contribution in [0.3, 0.4) is 0 Å². The van der Waals surface area contributed by atoms with Gasteiger partial charge in [-0.15, -0.1) is 0 Å². The molecule has 2 radical (unpaired) electrons. The zero-order valence-corrected chi connectivity index (χ0v) is 7.75. The minimum atomic E-state index is -0.00566. The molecule has 0 rings (SSSR count). The average molecular weight is 174 g/mol. The monoisotopic (exact) mass is 174 g/mol. The zero-order chi connectivity index (χ0) is 9.23. The van der Waals surface area contributed by atoms with Gasteiger partial charge in [-0.05, 0) is 26.7 Å². The molecule has 3 nitrogen and oxygen atoms in total. The third kappa shape index (κ3) is 7.98. The standard InChI is InChI=1S/C9H18O3/c1-3-12-9(2)8-11-7-5-4-6-10/h9H,1,3-8H2,2H3. The molecule has 12 heavy (non-hydrogen) atoms. The Morgan fingerprint density at radius 1 is 1.42 bits per heavy atom. The summed E-state index contributed by atoms with van der Waals surface area (Å²) in [7, 11) is 0. The van der Waals surface area contributed by atoms with Crippen LogP contribution in [0.25, 0.3) is 0 Å². The van der Waals surface area contributed by atoms with E-state index in [1.165, 1.54) is 0 Å². The highest BCUT2D eigenvalue weighted by Crippen LogP contribution is 1.94. The van der Waals surface area contributed by atoms with Crippen LogP contribution in [0.4, 0.5) is 0 Å². The first-order chi connectivity index (χ1) is 5.81. The van der Waals surface area contributed by atoms with Crippen LogP contribution < -0.4 is 0 Å². The first kappa shape index (κ1) is 11.9.